The van der Waals surface area contributed by atoms with E-state index in [0.717, 1.165) is 29.4 Å². The van der Waals surface area contributed by atoms with Gasteiger partial charge in [-0.25, -0.2) is 0 Å². The zero-order valence-electron chi connectivity index (χ0n) is 9.25. The molecular weight excluding hydrogens is 264 g/mol. The van der Waals surface area contributed by atoms with Gasteiger partial charge in [0.05, 0.1) is 11.5 Å². The lowest BCUT2D eigenvalue weighted by molar-refractivity contribution is 0.264. The van der Waals surface area contributed by atoms with Gasteiger partial charge in [0.15, 0.2) is 0 Å². The van der Waals surface area contributed by atoms with Crippen LogP contribution in [0.4, 0.5) is 0 Å². The molecule has 84 valence electrons. The standard InChI is InChI=1S/C13H15BrN2/c14-11-4-5-12(16-9-11)8-13(10-15)6-2-1-3-7-13/h4-5,9H,1-3,6-8H2. The van der Waals surface area contributed by atoms with Gasteiger partial charge in [-0.2, -0.15) is 5.26 Å². The Morgan fingerprint density at radius 3 is 2.62 bits per heavy atom. The van der Waals surface area contributed by atoms with E-state index >= 15 is 0 Å². The molecule has 0 N–H and O–H groups in total. The maximum atomic E-state index is 9.37. The average molecular weight is 279 g/mol. The first-order valence-corrected chi connectivity index (χ1v) is 6.55. The Morgan fingerprint density at radius 1 is 1.31 bits per heavy atom. The number of hydrogen-bond donors (Lipinski definition) is 0. The maximum absolute atomic E-state index is 9.37. The van der Waals surface area contributed by atoms with Crippen LogP contribution in [0, 0.1) is 16.7 Å². The first-order chi connectivity index (χ1) is 7.74. The quantitative estimate of drug-likeness (QED) is 0.824. The molecule has 0 saturated heterocycles. The minimum absolute atomic E-state index is 0.154. The average Bonchev–Trinajstić information content (AvgIpc) is 2.33. The van der Waals surface area contributed by atoms with Crippen LogP contribution in [-0.2, 0) is 6.42 Å². The minimum Gasteiger partial charge on any atom is -0.260 e. The Hall–Kier alpha value is -0.880. The largest absolute Gasteiger partial charge is 0.260 e. The van der Waals surface area contributed by atoms with Crippen molar-refractivity contribution >= 4 is 15.9 Å². The zero-order chi connectivity index (χ0) is 11.4. The summed E-state index contributed by atoms with van der Waals surface area (Å²) in [6.07, 6.45) is 8.31. The summed E-state index contributed by atoms with van der Waals surface area (Å²) in [5.41, 5.74) is 0.880. The predicted octanol–water partition coefficient (Wildman–Crippen LogP) is 3.86. The fraction of sp³-hybridized carbons (Fsp3) is 0.538. The molecule has 0 aliphatic heterocycles. The number of aromatic nitrogens is 1. The van der Waals surface area contributed by atoms with Crippen molar-refractivity contribution in [1.82, 2.24) is 4.98 Å². The van der Waals surface area contributed by atoms with Crippen LogP contribution in [0.2, 0.25) is 0 Å². The van der Waals surface area contributed by atoms with Crippen LogP contribution in [-0.4, -0.2) is 4.98 Å². The van der Waals surface area contributed by atoms with Crippen LogP contribution in [0.3, 0.4) is 0 Å². The molecular formula is C13H15BrN2. The summed E-state index contributed by atoms with van der Waals surface area (Å²) in [4.78, 5) is 4.37. The molecule has 0 spiro atoms. The molecule has 0 radical (unpaired) electrons. The molecule has 0 atom stereocenters. The fourth-order valence-corrected chi connectivity index (χ4v) is 2.65. The number of hydrogen-bond acceptors (Lipinski definition) is 2. The van der Waals surface area contributed by atoms with Gasteiger partial charge in [-0.15, -0.1) is 0 Å². The third-order valence-corrected chi connectivity index (χ3v) is 3.83. The van der Waals surface area contributed by atoms with Crippen LogP contribution in [0.25, 0.3) is 0 Å². The lowest BCUT2D eigenvalue weighted by Gasteiger charge is -2.30. The van der Waals surface area contributed by atoms with Gasteiger partial charge < -0.3 is 0 Å². The van der Waals surface area contributed by atoms with Crippen molar-refractivity contribution in [2.24, 2.45) is 5.41 Å². The van der Waals surface area contributed by atoms with Gasteiger partial charge in [0.2, 0.25) is 0 Å². The van der Waals surface area contributed by atoms with E-state index < -0.39 is 0 Å². The topological polar surface area (TPSA) is 36.7 Å². The van der Waals surface area contributed by atoms with Crippen molar-refractivity contribution in [2.45, 2.75) is 38.5 Å². The van der Waals surface area contributed by atoms with Gasteiger partial charge in [0.25, 0.3) is 0 Å². The highest BCUT2D eigenvalue weighted by Gasteiger charge is 2.32. The van der Waals surface area contributed by atoms with Crippen molar-refractivity contribution in [1.29, 1.82) is 5.26 Å². The Labute approximate surface area is 105 Å². The van der Waals surface area contributed by atoms with Crippen LogP contribution in [0.5, 0.6) is 0 Å². The highest BCUT2D eigenvalue weighted by molar-refractivity contribution is 9.10. The number of rotatable bonds is 2. The molecule has 1 aliphatic carbocycles. The summed E-state index contributed by atoms with van der Waals surface area (Å²) < 4.78 is 0.992. The maximum Gasteiger partial charge on any atom is 0.0693 e. The summed E-state index contributed by atoms with van der Waals surface area (Å²) >= 11 is 3.37. The molecule has 1 fully saturated rings. The van der Waals surface area contributed by atoms with Crippen molar-refractivity contribution in [3.63, 3.8) is 0 Å². The van der Waals surface area contributed by atoms with Crippen LogP contribution in [0.15, 0.2) is 22.8 Å². The summed E-state index contributed by atoms with van der Waals surface area (Å²) in [7, 11) is 0. The molecule has 1 aliphatic rings. The van der Waals surface area contributed by atoms with Gasteiger partial charge in [0, 0.05) is 22.8 Å². The number of halogens is 1. The van der Waals surface area contributed by atoms with Crippen LogP contribution in [0.1, 0.15) is 37.8 Å². The van der Waals surface area contributed by atoms with Gasteiger partial charge in [-0.1, -0.05) is 19.3 Å². The van der Waals surface area contributed by atoms with E-state index in [4.69, 9.17) is 0 Å². The summed E-state index contributed by atoms with van der Waals surface area (Å²) in [5.74, 6) is 0. The third kappa shape index (κ3) is 2.62. The van der Waals surface area contributed by atoms with E-state index in [1.807, 2.05) is 18.3 Å². The van der Waals surface area contributed by atoms with Crippen molar-refractivity contribution in [3.05, 3.63) is 28.5 Å². The molecule has 16 heavy (non-hydrogen) atoms. The van der Waals surface area contributed by atoms with Crippen molar-refractivity contribution in [3.8, 4) is 6.07 Å². The van der Waals surface area contributed by atoms with Crippen molar-refractivity contribution < 1.29 is 0 Å². The molecule has 0 bridgehead atoms. The first-order valence-electron chi connectivity index (χ1n) is 5.76. The third-order valence-electron chi connectivity index (χ3n) is 3.36. The van der Waals surface area contributed by atoms with E-state index in [1.165, 1.54) is 19.3 Å². The van der Waals surface area contributed by atoms with Gasteiger partial charge in [0.1, 0.15) is 0 Å². The second-order valence-corrected chi connectivity index (χ2v) is 5.51. The normalized spacial score (nSPS) is 19.0. The van der Waals surface area contributed by atoms with E-state index in [-0.39, 0.29) is 5.41 Å². The van der Waals surface area contributed by atoms with E-state index in [2.05, 4.69) is 27.0 Å². The lowest BCUT2D eigenvalue weighted by atomic mass is 9.72. The molecule has 1 aromatic rings. The van der Waals surface area contributed by atoms with Crippen LogP contribution >= 0.6 is 15.9 Å². The second-order valence-electron chi connectivity index (χ2n) is 4.60. The molecule has 1 aromatic heterocycles. The molecule has 1 saturated carbocycles. The molecule has 2 rings (SSSR count). The summed E-state index contributed by atoms with van der Waals surface area (Å²) in [6, 6.07) is 6.54. The lowest BCUT2D eigenvalue weighted by Crippen LogP contribution is -2.25. The Bertz CT molecular complexity index is 385. The zero-order valence-corrected chi connectivity index (χ0v) is 10.8. The first kappa shape index (κ1) is 11.6. The van der Waals surface area contributed by atoms with E-state index in [1.54, 1.807) is 0 Å². The Kier molecular flexibility index (Phi) is 3.60. The monoisotopic (exact) mass is 278 g/mol. The highest BCUT2D eigenvalue weighted by Crippen LogP contribution is 2.38. The number of nitriles is 1. The highest BCUT2D eigenvalue weighted by atomic mass is 79.9. The molecule has 1 heterocycles. The molecule has 0 unspecified atom stereocenters. The smallest absolute Gasteiger partial charge is 0.0693 e. The minimum atomic E-state index is -0.154. The van der Waals surface area contributed by atoms with E-state index in [0.29, 0.717) is 0 Å². The Morgan fingerprint density at radius 2 is 2.06 bits per heavy atom. The Balaban J connectivity index is 2.12. The number of pyridine rings is 1. The fourth-order valence-electron chi connectivity index (χ4n) is 2.41. The van der Waals surface area contributed by atoms with Gasteiger partial charge in [-0.3, -0.25) is 4.98 Å². The predicted molar refractivity (Wildman–Crippen MR) is 66.8 cm³/mol. The van der Waals surface area contributed by atoms with Gasteiger partial charge in [-0.05, 0) is 40.9 Å². The molecule has 0 aromatic carbocycles. The summed E-state index contributed by atoms with van der Waals surface area (Å²) in [6.45, 7) is 0. The SMILES string of the molecule is N#CC1(Cc2ccc(Br)cn2)CCCCC1. The molecule has 3 heteroatoms. The van der Waals surface area contributed by atoms with Gasteiger partial charge >= 0.3 is 0 Å². The van der Waals surface area contributed by atoms with Crippen molar-refractivity contribution in [2.75, 3.05) is 0 Å². The molecule has 2 nitrogen and oxygen atoms in total. The molecule has 0 amide bonds. The number of nitrogens with zero attached hydrogens (tertiary/aromatic N) is 2. The van der Waals surface area contributed by atoms with E-state index in [9.17, 15) is 5.26 Å². The summed E-state index contributed by atoms with van der Waals surface area (Å²) in [5, 5.41) is 9.37. The van der Waals surface area contributed by atoms with Crippen LogP contribution < -0.4 is 0 Å². The second kappa shape index (κ2) is 4.97.